The molecule has 100 valence electrons. The van der Waals surface area contributed by atoms with Crippen LogP contribution in [0.15, 0.2) is 0 Å². The molecular weight excluding hydrogens is 220 g/mol. The van der Waals surface area contributed by atoms with Crippen molar-refractivity contribution in [2.45, 2.75) is 64.3 Å². The first-order valence-corrected chi connectivity index (χ1v) is 6.16. The van der Waals surface area contributed by atoms with Gasteiger partial charge in [0.1, 0.15) is 5.60 Å². The quantitative estimate of drug-likeness (QED) is 0.690. The average molecular weight is 244 g/mol. The predicted octanol–water partition coefficient (Wildman–Crippen LogP) is 1.01. The van der Waals surface area contributed by atoms with E-state index >= 15 is 0 Å². The zero-order chi connectivity index (χ0) is 13.1. The molecule has 0 heterocycles. The molecule has 1 aliphatic carbocycles. The summed E-state index contributed by atoms with van der Waals surface area (Å²) < 4.78 is 5.17. The van der Waals surface area contributed by atoms with Crippen LogP contribution in [0.2, 0.25) is 0 Å². The van der Waals surface area contributed by atoms with Crippen molar-refractivity contribution in [1.82, 2.24) is 10.6 Å². The molecule has 1 amide bonds. The third kappa shape index (κ3) is 5.37. The maximum Gasteiger partial charge on any atom is 0.407 e. The van der Waals surface area contributed by atoms with Crippen LogP contribution in [0.4, 0.5) is 4.79 Å². The van der Waals surface area contributed by atoms with Gasteiger partial charge in [-0.1, -0.05) is 0 Å². The number of carbonyl (C=O) groups is 1. The van der Waals surface area contributed by atoms with Crippen LogP contribution >= 0.6 is 0 Å². The molecule has 1 rings (SSSR count). The number of nitrogens with one attached hydrogen (secondary N) is 2. The largest absolute Gasteiger partial charge is 0.444 e. The van der Waals surface area contributed by atoms with E-state index < -0.39 is 5.60 Å². The van der Waals surface area contributed by atoms with Crippen LogP contribution in [0.5, 0.6) is 0 Å². The zero-order valence-corrected chi connectivity index (χ0v) is 11.1. The zero-order valence-electron chi connectivity index (χ0n) is 11.1. The highest BCUT2D eigenvalue weighted by molar-refractivity contribution is 5.68. The number of carbonyl (C=O) groups excluding carboxylic acids is 1. The Morgan fingerprint density at radius 2 is 2.00 bits per heavy atom. The lowest BCUT2D eigenvalue weighted by Gasteiger charge is -2.38. The normalized spacial score (nSPS) is 25.9. The van der Waals surface area contributed by atoms with Crippen LogP contribution in [0, 0.1) is 0 Å². The first-order valence-electron chi connectivity index (χ1n) is 6.16. The molecule has 1 unspecified atom stereocenters. The molecule has 3 N–H and O–H groups in total. The molecule has 0 aliphatic heterocycles. The Morgan fingerprint density at radius 1 is 1.41 bits per heavy atom. The Labute approximate surface area is 103 Å². The number of aliphatic hydroxyl groups is 1. The van der Waals surface area contributed by atoms with Crippen molar-refractivity contribution < 1.29 is 14.6 Å². The van der Waals surface area contributed by atoms with Gasteiger partial charge < -0.3 is 20.5 Å². The Bertz CT molecular complexity index is 257. The molecule has 0 spiro atoms. The number of aliphatic hydroxyl groups excluding tert-OH is 1. The molecule has 0 aromatic carbocycles. The third-order valence-electron chi connectivity index (χ3n) is 2.65. The molecule has 0 bridgehead atoms. The van der Waals surface area contributed by atoms with Gasteiger partial charge in [-0.3, -0.25) is 0 Å². The number of hydrogen-bond donors (Lipinski definition) is 3. The molecule has 1 fully saturated rings. The highest BCUT2D eigenvalue weighted by Gasteiger charge is 2.31. The Balaban J connectivity index is 2.15. The number of hydrogen-bond acceptors (Lipinski definition) is 4. The summed E-state index contributed by atoms with van der Waals surface area (Å²) in [6, 6.07) is 0.688. The monoisotopic (exact) mass is 244 g/mol. The highest BCUT2D eigenvalue weighted by Crippen LogP contribution is 2.21. The maximum absolute atomic E-state index is 11.5. The van der Waals surface area contributed by atoms with Crippen LogP contribution in [-0.2, 0) is 4.74 Å². The summed E-state index contributed by atoms with van der Waals surface area (Å²) >= 11 is 0. The second-order valence-electron chi connectivity index (χ2n) is 5.76. The summed E-state index contributed by atoms with van der Waals surface area (Å²) in [5.74, 6) is 0. The van der Waals surface area contributed by atoms with Gasteiger partial charge in [-0.25, -0.2) is 4.79 Å². The summed E-state index contributed by atoms with van der Waals surface area (Å²) in [6.07, 6.45) is 1.43. The van der Waals surface area contributed by atoms with Gasteiger partial charge in [0.25, 0.3) is 0 Å². The lowest BCUT2D eigenvalue weighted by atomic mass is 9.86. The van der Waals surface area contributed by atoms with Crippen LogP contribution in [-0.4, -0.2) is 41.5 Å². The molecule has 0 aromatic heterocycles. The van der Waals surface area contributed by atoms with Crippen molar-refractivity contribution in [2.75, 3.05) is 6.61 Å². The van der Waals surface area contributed by atoms with E-state index in [0.717, 1.165) is 12.8 Å². The van der Waals surface area contributed by atoms with E-state index in [1.807, 2.05) is 27.7 Å². The number of rotatable bonds is 4. The van der Waals surface area contributed by atoms with Gasteiger partial charge in [0.2, 0.25) is 0 Å². The fourth-order valence-electron chi connectivity index (χ4n) is 1.80. The molecule has 5 heteroatoms. The van der Waals surface area contributed by atoms with Crippen molar-refractivity contribution in [1.29, 1.82) is 0 Å². The van der Waals surface area contributed by atoms with E-state index in [2.05, 4.69) is 10.6 Å². The van der Waals surface area contributed by atoms with Gasteiger partial charge >= 0.3 is 6.09 Å². The number of amides is 1. The van der Waals surface area contributed by atoms with Gasteiger partial charge in [-0.2, -0.15) is 0 Å². The second kappa shape index (κ2) is 5.69. The lowest BCUT2D eigenvalue weighted by molar-refractivity contribution is 0.0461. The van der Waals surface area contributed by atoms with E-state index in [1.165, 1.54) is 0 Å². The van der Waals surface area contributed by atoms with Crippen molar-refractivity contribution in [3.05, 3.63) is 0 Å². The van der Waals surface area contributed by atoms with Crippen molar-refractivity contribution in [3.8, 4) is 0 Å². The molecule has 1 saturated carbocycles. The standard InChI is InChI=1S/C12H24N2O3/c1-8(7-15)13-9-5-10(6-9)14-11(16)17-12(2,3)4/h8-10,13,15H,5-7H2,1-4H3,(H,14,16). The Morgan fingerprint density at radius 3 is 2.47 bits per heavy atom. The van der Waals surface area contributed by atoms with Crippen LogP contribution < -0.4 is 10.6 Å². The van der Waals surface area contributed by atoms with E-state index in [1.54, 1.807) is 0 Å². The molecule has 0 radical (unpaired) electrons. The summed E-state index contributed by atoms with van der Waals surface area (Å²) in [5.41, 5.74) is -0.448. The van der Waals surface area contributed by atoms with E-state index in [-0.39, 0.29) is 24.8 Å². The first-order chi connectivity index (χ1) is 7.80. The smallest absolute Gasteiger partial charge is 0.407 e. The Hall–Kier alpha value is -0.810. The third-order valence-corrected chi connectivity index (χ3v) is 2.65. The SMILES string of the molecule is CC(CO)NC1CC(NC(=O)OC(C)(C)C)C1. The fraction of sp³-hybridized carbons (Fsp3) is 0.917. The highest BCUT2D eigenvalue weighted by atomic mass is 16.6. The molecule has 5 nitrogen and oxygen atoms in total. The van der Waals surface area contributed by atoms with Gasteiger partial charge in [-0.15, -0.1) is 0 Å². The van der Waals surface area contributed by atoms with Gasteiger partial charge in [0.05, 0.1) is 6.61 Å². The van der Waals surface area contributed by atoms with Gasteiger partial charge in [0.15, 0.2) is 0 Å². The Kier molecular flexibility index (Phi) is 4.77. The summed E-state index contributed by atoms with van der Waals surface area (Å²) in [6.45, 7) is 7.62. The number of ether oxygens (including phenoxy) is 1. The van der Waals surface area contributed by atoms with Crippen molar-refractivity contribution in [3.63, 3.8) is 0 Å². The maximum atomic E-state index is 11.5. The van der Waals surface area contributed by atoms with Gasteiger partial charge in [-0.05, 0) is 40.5 Å². The fourth-order valence-corrected chi connectivity index (χ4v) is 1.80. The lowest BCUT2D eigenvalue weighted by Crippen LogP contribution is -2.55. The van der Waals surface area contributed by atoms with E-state index in [9.17, 15) is 4.79 Å². The molecule has 0 saturated heterocycles. The van der Waals surface area contributed by atoms with E-state index in [0.29, 0.717) is 6.04 Å². The van der Waals surface area contributed by atoms with Crippen LogP contribution in [0.25, 0.3) is 0 Å². The minimum absolute atomic E-state index is 0.113. The van der Waals surface area contributed by atoms with Crippen molar-refractivity contribution in [2.24, 2.45) is 0 Å². The summed E-state index contributed by atoms with van der Waals surface area (Å²) in [7, 11) is 0. The van der Waals surface area contributed by atoms with Crippen LogP contribution in [0.1, 0.15) is 40.5 Å². The molecule has 0 aromatic rings. The molecule has 1 aliphatic rings. The molecule has 1 atom stereocenters. The topological polar surface area (TPSA) is 70.6 Å². The molecular formula is C12H24N2O3. The summed E-state index contributed by atoms with van der Waals surface area (Å²) in [4.78, 5) is 11.5. The predicted molar refractivity (Wildman–Crippen MR) is 65.9 cm³/mol. The van der Waals surface area contributed by atoms with E-state index in [4.69, 9.17) is 9.84 Å². The number of alkyl carbamates (subject to hydrolysis) is 1. The average Bonchev–Trinajstić information content (AvgIpc) is 2.11. The molecule has 17 heavy (non-hydrogen) atoms. The minimum atomic E-state index is -0.448. The van der Waals surface area contributed by atoms with Gasteiger partial charge in [0, 0.05) is 18.1 Å². The van der Waals surface area contributed by atoms with Crippen LogP contribution in [0.3, 0.4) is 0 Å². The summed E-state index contributed by atoms with van der Waals surface area (Å²) in [5, 5.41) is 15.0. The van der Waals surface area contributed by atoms with Crippen molar-refractivity contribution >= 4 is 6.09 Å². The minimum Gasteiger partial charge on any atom is -0.444 e. The first kappa shape index (κ1) is 14.3. The second-order valence-corrected chi connectivity index (χ2v) is 5.76.